The molecule has 0 amide bonds. The van der Waals surface area contributed by atoms with Crippen molar-refractivity contribution in [2.75, 3.05) is 17.6 Å². The number of nitrogen functional groups attached to an aromatic ring is 1. The number of thiazole rings is 1. The summed E-state index contributed by atoms with van der Waals surface area (Å²) in [5, 5.41) is 7.72. The number of pyridine rings is 1. The maximum absolute atomic E-state index is 5.95. The minimum absolute atomic E-state index is 0.710. The van der Waals surface area contributed by atoms with Gasteiger partial charge in [0.15, 0.2) is 0 Å². The van der Waals surface area contributed by atoms with Crippen LogP contribution in [0, 0.1) is 6.92 Å². The molecule has 2 aromatic heterocycles. The Bertz CT molecular complexity index is 736. The number of nitrogens with two attached hydrogens (primary N) is 1. The van der Waals surface area contributed by atoms with E-state index in [1.54, 1.807) is 17.5 Å². The molecule has 0 bridgehead atoms. The van der Waals surface area contributed by atoms with Crippen molar-refractivity contribution < 1.29 is 0 Å². The van der Waals surface area contributed by atoms with Gasteiger partial charge in [0.1, 0.15) is 0 Å². The van der Waals surface area contributed by atoms with Gasteiger partial charge in [0.05, 0.1) is 21.9 Å². The Balaban J connectivity index is 1.76. The lowest BCUT2D eigenvalue weighted by atomic mass is 10.1. The first-order chi connectivity index (χ1) is 9.74. The van der Waals surface area contributed by atoms with Crippen LogP contribution in [0.3, 0.4) is 0 Å². The fourth-order valence-corrected chi connectivity index (χ4v) is 2.85. The molecule has 0 unspecified atom stereocenters. The van der Waals surface area contributed by atoms with Crippen LogP contribution in [0.15, 0.2) is 35.8 Å². The molecular formula is C15H16N4S. The summed E-state index contributed by atoms with van der Waals surface area (Å²) in [5.74, 6) is 0. The smallest absolute Gasteiger partial charge is 0.0951 e. The Hall–Kier alpha value is -2.14. The van der Waals surface area contributed by atoms with E-state index in [1.807, 2.05) is 31.2 Å². The van der Waals surface area contributed by atoms with E-state index in [9.17, 15) is 0 Å². The number of hydrogen-bond donors (Lipinski definition) is 2. The molecule has 0 aliphatic carbocycles. The van der Waals surface area contributed by atoms with Crippen molar-refractivity contribution >= 4 is 33.6 Å². The molecule has 4 nitrogen and oxygen atoms in total. The van der Waals surface area contributed by atoms with Crippen LogP contribution in [0.25, 0.3) is 10.9 Å². The van der Waals surface area contributed by atoms with Gasteiger partial charge in [-0.25, -0.2) is 4.98 Å². The molecule has 0 radical (unpaired) electrons. The number of benzene rings is 1. The molecule has 0 atom stereocenters. The third kappa shape index (κ3) is 2.58. The highest BCUT2D eigenvalue weighted by atomic mass is 32.1. The van der Waals surface area contributed by atoms with Gasteiger partial charge in [0.25, 0.3) is 0 Å². The maximum atomic E-state index is 5.95. The molecule has 0 saturated heterocycles. The molecule has 102 valence electrons. The molecule has 0 fully saturated rings. The molecule has 1 aromatic carbocycles. The summed E-state index contributed by atoms with van der Waals surface area (Å²) in [5.41, 5.74) is 9.71. The number of anilines is 2. The van der Waals surface area contributed by atoms with E-state index in [0.29, 0.717) is 5.69 Å². The Morgan fingerprint density at radius 3 is 3.00 bits per heavy atom. The zero-order chi connectivity index (χ0) is 13.9. The van der Waals surface area contributed by atoms with Gasteiger partial charge < -0.3 is 11.1 Å². The maximum Gasteiger partial charge on any atom is 0.0951 e. The van der Waals surface area contributed by atoms with E-state index < -0.39 is 0 Å². The summed E-state index contributed by atoms with van der Waals surface area (Å²) in [7, 11) is 0. The zero-order valence-electron chi connectivity index (χ0n) is 11.3. The lowest BCUT2D eigenvalue weighted by Gasteiger charge is -2.09. The van der Waals surface area contributed by atoms with Gasteiger partial charge in [-0.2, -0.15) is 0 Å². The predicted molar refractivity (Wildman–Crippen MR) is 85.2 cm³/mol. The molecule has 20 heavy (non-hydrogen) atoms. The van der Waals surface area contributed by atoms with Crippen molar-refractivity contribution in [2.45, 2.75) is 13.3 Å². The van der Waals surface area contributed by atoms with Crippen LogP contribution in [0.1, 0.15) is 10.7 Å². The van der Waals surface area contributed by atoms with E-state index >= 15 is 0 Å². The number of fused-ring (bicyclic) bond motifs is 1. The Labute approximate surface area is 121 Å². The topological polar surface area (TPSA) is 63.8 Å². The number of nitrogens with zero attached hydrogens (tertiary/aromatic N) is 2. The third-order valence-corrected chi connectivity index (χ3v) is 3.99. The number of aromatic nitrogens is 2. The van der Waals surface area contributed by atoms with Gasteiger partial charge in [0.2, 0.25) is 0 Å². The molecular weight excluding hydrogens is 268 g/mol. The first-order valence-corrected chi connectivity index (χ1v) is 7.40. The summed E-state index contributed by atoms with van der Waals surface area (Å²) in [4.78, 5) is 8.80. The molecule has 0 aliphatic rings. The van der Waals surface area contributed by atoms with Crippen LogP contribution in [0.2, 0.25) is 0 Å². The van der Waals surface area contributed by atoms with Crippen LogP contribution in [-0.4, -0.2) is 16.5 Å². The third-order valence-electron chi connectivity index (χ3n) is 3.17. The van der Waals surface area contributed by atoms with Crippen molar-refractivity contribution in [2.24, 2.45) is 0 Å². The highest BCUT2D eigenvalue weighted by molar-refractivity contribution is 7.09. The summed E-state index contributed by atoms with van der Waals surface area (Å²) in [6.07, 6.45) is 2.70. The number of nitrogens with one attached hydrogen (secondary N) is 1. The zero-order valence-corrected chi connectivity index (χ0v) is 12.1. The van der Waals surface area contributed by atoms with Crippen molar-refractivity contribution in [1.82, 2.24) is 9.97 Å². The lowest BCUT2D eigenvalue weighted by molar-refractivity contribution is 0.969. The minimum atomic E-state index is 0.710. The SMILES string of the molecule is Cc1nc(CCNc2ccnc3c(N)cccc23)cs1. The minimum Gasteiger partial charge on any atom is -0.397 e. The second-order valence-corrected chi connectivity index (χ2v) is 5.70. The standard InChI is InChI=1S/C15H16N4S/c1-10-19-11(9-20-10)5-7-17-14-6-8-18-15-12(14)3-2-4-13(15)16/h2-4,6,8-9H,5,7,16H2,1H3,(H,17,18). The van der Waals surface area contributed by atoms with Gasteiger partial charge >= 0.3 is 0 Å². The average molecular weight is 284 g/mol. The molecule has 0 saturated carbocycles. The van der Waals surface area contributed by atoms with Crippen LogP contribution in [0.5, 0.6) is 0 Å². The fraction of sp³-hybridized carbons (Fsp3) is 0.200. The monoisotopic (exact) mass is 284 g/mol. The number of rotatable bonds is 4. The van der Waals surface area contributed by atoms with Crippen molar-refractivity contribution in [3.63, 3.8) is 0 Å². The van der Waals surface area contributed by atoms with Gasteiger partial charge in [-0.15, -0.1) is 11.3 Å². The molecule has 3 N–H and O–H groups in total. The first kappa shape index (κ1) is 12.9. The average Bonchev–Trinajstić information content (AvgIpc) is 2.86. The predicted octanol–water partition coefficient (Wildman–Crippen LogP) is 3.24. The van der Waals surface area contributed by atoms with Crippen molar-refractivity contribution in [3.05, 3.63) is 46.5 Å². The second kappa shape index (κ2) is 5.46. The lowest BCUT2D eigenvalue weighted by Crippen LogP contribution is -2.06. The first-order valence-electron chi connectivity index (χ1n) is 6.52. The highest BCUT2D eigenvalue weighted by Crippen LogP contribution is 2.25. The Morgan fingerprint density at radius 1 is 1.30 bits per heavy atom. The molecule has 3 rings (SSSR count). The molecule has 3 aromatic rings. The second-order valence-electron chi connectivity index (χ2n) is 4.64. The van der Waals surface area contributed by atoms with Gasteiger partial charge in [-0.1, -0.05) is 12.1 Å². The van der Waals surface area contributed by atoms with Gasteiger partial charge in [0, 0.05) is 35.6 Å². The quantitative estimate of drug-likeness (QED) is 0.722. The van der Waals surface area contributed by atoms with Crippen LogP contribution in [-0.2, 0) is 6.42 Å². The summed E-state index contributed by atoms with van der Waals surface area (Å²) < 4.78 is 0. The Kier molecular flexibility index (Phi) is 3.52. The van der Waals surface area contributed by atoms with E-state index in [-0.39, 0.29) is 0 Å². The molecule has 2 heterocycles. The molecule has 0 spiro atoms. The fourth-order valence-electron chi connectivity index (χ4n) is 2.20. The Morgan fingerprint density at radius 2 is 2.20 bits per heavy atom. The van der Waals surface area contributed by atoms with Crippen molar-refractivity contribution in [3.8, 4) is 0 Å². The molecule has 0 aliphatic heterocycles. The van der Waals surface area contributed by atoms with Crippen LogP contribution in [0.4, 0.5) is 11.4 Å². The summed E-state index contributed by atoms with van der Waals surface area (Å²) in [6, 6.07) is 7.84. The van der Waals surface area contributed by atoms with E-state index in [1.165, 1.54) is 0 Å². The van der Waals surface area contributed by atoms with Crippen LogP contribution < -0.4 is 11.1 Å². The van der Waals surface area contributed by atoms with E-state index in [0.717, 1.165) is 40.3 Å². The number of hydrogen-bond acceptors (Lipinski definition) is 5. The van der Waals surface area contributed by atoms with E-state index in [2.05, 4.69) is 20.7 Å². The summed E-state index contributed by atoms with van der Waals surface area (Å²) >= 11 is 1.69. The van der Waals surface area contributed by atoms with Gasteiger partial charge in [-0.3, -0.25) is 4.98 Å². The number of para-hydroxylation sites is 1. The van der Waals surface area contributed by atoms with Crippen molar-refractivity contribution in [1.29, 1.82) is 0 Å². The number of aryl methyl sites for hydroxylation is 1. The molecule has 5 heteroatoms. The highest BCUT2D eigenvalue weighted by Gasteiger charge is 2.04. The summed E-state index contributed by atoms with van der Waals surface area (Å²) in [6.45, 7) is 2.87. The van der Waals surface area contributed by atoms with Gasteiger partial charge in [-0.05, 0) is 19.1 Å². The largest absolute Gasteiger partial charge is 0.397 e. The normalized spacial score (nSPS) is 10.8. The van der Waals surface area contributed by atoms with Crippen LogP contribution >= 0.6 is 11.3 Å². The van der Waals surface area contributed by atoms with E-state index in [4.69, 9.17) is 5.73 Å².